The molecule has 0 radical (unpaired) electrons. The number of amides is 1. The summed E-state index contributed by atoms with van der Waals surface area (Å²) in [6.45, 7) is 3.42. The first-order valence-electron chi connectivity index (χ1n) is 6.32. The zero-order chi connectivity index (χ0) is 11.6. The van der Waals surface area contributed by atoms with Crippen molar-refractivity contribution in [2.75, 3.05) is 13.2 Å². The van der Waals surface area contributed by atoms with E-state index in [1.54, 1.807) is 0 Å². The van der Waals surface area contributed by atoms with Crippen molar-refractivity contribution in [1.29, 1.82) is 0 Å². The van der Waals surface area contributed by atoms with Crippen LogP contribution in [0, 0.1) is 0 Å². The van der Waals surface area contributed by atoms with Crippen LogP contribution >= 0.6 is 0 Å². The van der Waals surface area contributed by atoms with E-state index in [1.165, 1.54) is 25.7 Å². The third kappa shape index (κ3) is 5.91. The summed E-state index contributed by atoms with van der Waals surface area (Å²) >= 11 is 0. The summed E-state index contributed by atoms with van der Waals surface area (Å²) in [4.78, 5) is 11.2. The lowest BCUT2D eigenvalue weighted by atomic mass is 10.3. The molecule has 3 heteroatoms. The molecule has 0 aromatic carbocycles. The Morgan fingerprint density at radius 2 is 2.19 bits per heavy atom. The predicted molar refractivity (Wildman–Crippen MR) is 65.3 cm³/mol. The van der Waals surface area contributed by atoms with E-state index in [2.05, 4.69) is 5.32 Å². The molecule has 1 aliphatic rings. The molecular formula is C13H23NO2. The molecule has 1 N–H and O–H groups in total. The minimum absolute atomic E-state index is 0.0963. The van der Waals surface area contributed by atoms with Crippen LogP contribution in [0.15, 0.2) is 12.2 Å². The standard InChI is InChI=1S/C13H23NO2/c1-2-3-9-13(15)14-10-6-11-16-12-7-4-5-8-12/h2-3,12H,4-11H2,1H3,(H,14,15)/b3-2+. The SMILES string of the molecule is C/C=C/CC(=O)NCCCOC1CCCC1. The van der Waals surface area contributed by atoms with Crippen molar-refractivity contribution >= 4 is 5.91 Å². The summed E-state index contributed by atoms with van der Waals surface area (Å²) in [6.07, 6.45) is 10.7. The van der Waals surface area contributed by atoms with Gasteiger partial charge in [0.2, 0.25) is 5.91 Å². The van der Waals surface area contributed by atoms with E-state index in [9.17, 15) is 4.79 Å². The maximum Gasteiger partial charge on any atom is 0.223 e. The molecule has 16 heavy (non-hydrogen) atoms. The van der Waals surface area contributed by atoms with E-state index in [0.29, 0.717) is 12.5 Å². The molecular weight excluding hydrogens is 202 g/mol. The molecule has 0 heterocycles. The fourth-order valence-corrected chi connectivity index (χ4v) is 1.90. The van der Waals surface area contributed by atoms with E-state index >= 15 is 0 Å². The highest BCUT2D eigenvalue weighted by molar-refractivity contribution is 5.77. The summed E-state index contributed by atoms with van der Waals surface area (Å²) in [5.74, 6) is 0.0963. The van der Waals surface area contributed by atoms with Crippen molar-refractivity contribution in [3.8, 4) is 0 Å². The topological polar surface area (TPSA) is 38.3 Å². The van der Waals surface area contributed by atoms with Gasteiger partial charge in [-0.05, 0) is 26.2 Å². The summed E-state index contributed by atoms with van der Waals surface area (Å²) in [5, 5.41) is 2.87. The van der Waals surface area contributed by atoms with Crippen LogP contribution in [0.3, 0.4) is 0 Å². The van der Waals surface area contributed by atoms with Gasteiger partial charge in [0.1, 0.15) is 0 Å². The van der Waals surface area contributed by atoms with E-state index in [-0.39, 0.29) is 5.91 Å². The molecule has 0 aromatic heterocycles. The molecule has 3 nitrogen and oxygen atoms in total. The second kappa shape index (κ2) is 8.34. The van der Waals surface area contributed by atoms with Crippen LogP contribution in [0.4, 0.5) is 0 Å². The minimum Gasteiger partial charge on any atom is -0.378 e. The van der Waals surface area contributed by atoms with E-state index in [1.807, 2.05) is 19.1 Å². The van der Waals surface area contributed by atoms with Crippen LogP contribution in [-0.4, -0.2) is 25.2 Å². The van der Waals surface area contributed by atoms with Crippen molar-refractivity contribution in [3.05, 3.63) is 12.2 Å². The summed E-state index contributed by atoms with van der Waals surface area (Å²) in [5.41, 5.74) is 0. The predicted octanol–water partition coefficient (Wildman–Crippen LogP) is 2.42. The molecule has 92 valence electrons. The lowest BCUT2D eigenvalue weighted by molar-refractivity contribution is -0.120. The van der Waals surface area contributed by atoms with Crippen LogP contribution in [-0.2, 0) is 9.53 Å². The van der Waals surface area contributed by atoms with Gasteiger partial charge in [-0.2, -0.15) is 0 Å². The average molecular weight is 225 g/mol. The van der Waals surface area contributed by atoms with Crippen molar-refractivity contribution in [1.82, 2.24) is 5.32 Å². The van der Waals surface area contributed by atoms with Crippen LogP contribution in [0.25, 0.3) is 0 Å². The van der Waals surface area contributed by atoms with Gasteiger partial charge in [0.05, 0.1) is 6.10 Å². The van der Waals surface area contributed by atoms with Gasteiger partial charge in [0.15, 0.2) is 0 Å². The first-order chi connectivity index (χ1) is 7.83. The second-order valence-corrected chi connectivity index (χ2v) is 4.25. The molecule has 0 aliphatic heterocycles. The molecule has 1 rings (SSSR count). The second-order valence-electron chi connectivity index (χ2n) is 4.25. The molecule has 0 unspecified atom stereocenters. The number of carbonyl (C=O) groups excluding carboxylic acids is 1. The van der Waals surface area contributed by atoms with Crippen LogP contribution in [0.2, 0.25) is 0 Å². The first-order valence-corrected chi connectivity index (χ1v) is 6.32. The van der Waals surface area contributed by atoms with Gasteiger partial charge in [-0.3, -0.25) is 4.79 Å². The Labute approximate surface area is 98.2 Å². The maximum absolute atomic E-state index is 11.2. The third-order valence-corrected chi connectivity index (χ3v) is 2.84. The van der Waals surface area contributed by atoms with Gasteiger partial charge in [-0.15, -0.1) is 0 Å². The highest BCUT2D eigenvalue weighted by Gasteiger charge is 2.14. The molecule has 1 fully saturated rings. The molecule has 1 saturated carbocycles. The van der Waals surface area contributed by atoms with Crippen molar-refractivity contribution < 1.29 is 9.53 Å². The molecule has 1 aliphatic carbocycles. The zero-order valence-corrected chi connectivity index (χ0v) is 10.2. The Bertz CT molecular complexity index is 220. The zero-order valence-electron chi connectivity index (χ0n) is 10.2. The summed E-state index contributed by atoms with van der Waals surface area (Å²) in [7, 11) is 0. The largest absolute Gasteiger partial charge is 0.378 e. The van der Waals surface area contributed by atoms with Crippen LogP contribution in [0.1, 0.15) is 45.4 Å². The fourth-order valence-electron chi connectivity index (χ4n) is 1.90. The third-order valence-electron chi connectivity index (χ3n) is 2.84. The van der Waals surface area contributed by atoms with Gasteiger partial charge < -0.3 is 10.1 Å². The van der Waals surface area contributed by atoms with Gasteiger partial charge in [-0.1, -0.05) is 25.0 Å². The number of hydrogen-bond donors (Lipinski definition) is 1. The normalized spacial score (nSPS) is 17.1. The molecule has 0 atom stereocenters. The Morgan fingerprint density at radius 1 is 1.44 bits per heavy atom. The van der Waals surface area contributed by atoms with Gasteiger partial charge in [0, 0.05) is 19.6 Å². The quantitative estimate of drug-likeness (QED) is 0.534. The smallest absolute Gasteiger partial charge is 0.223 e. The number of hydrogen-bond acceptors (Lipinski definition) is 2. The van der Waals surface area contributed by atoms with Crippen LogP contribution < -0.4 is 5.32 Å². The lowest BCUT2D eigenvalue weighted by Crippen LogP contribution is -2.24. The Kier molecular flexibility index (Phi) is 6.90. The van der Waals surface area contributed by atoms with E-state index in [0.717, 1.165) is 19.6 Å². The molecule has 0 bridgehead atoms. The number of carbonyl (C=O) groups is 1. The summed E-state index contributed by atoms with van der Waals surface area (Å²) in [6, 6.07) is 0. The maximum atomic E-state index is 11.2. The van der Waals surface area contributed by atoms with Crippen molar-refractivity contribution in [2.45, 2.75) is 51.6 Å². The Hall–Kier alpha value is -0.830. The Balaban J connectivity index is 1.89. The monoisotopic (exact) mass is 225 g/mol. The number of ether oxygens (including phenoxy) is 1. The minimum atomic E-state index is 0.0963. The lowest BCUT2D eigenvalue weighted by Gasteiger charge is -2.10. The van der Waals surface area contributed by atoms with Crippen molar-refractivity contribution in [2.24, 2.45) is 0 Å². The fraction of sp³-hybridized carbons (Fsp3) is 0.769. The Morgan fingerprint density at radius 3 is 2.88 bits per heavy atom. The van der Waals surface area contributed by atoms with E-state index in [4.69, 9.17) is 4.74 Å². The average Bonchev–Trinajstić information content (AvgIpc) is 2.79. The number of nitrogens with one attached hydrogen (secondary N) is 1. The highest BCUT2D eigenvalue weighted by atomic mass is 16.5. The highest BCUT2D eigenvalue weighted by Crippen LogP contribution is 2.20. The van der Waals surface area contributed by atoms with Gasteiger partial charge >= 0.3 is 0 Å². The first kappa shape index (κ1) is 13.2. The number of allylic oxidation sites excluding steroid dienone is 1. The van der Waals surface area contributed by atoms with Gasteiger partial charge in [-0.25, -0.2) is 0 Å². The van der Waals surface area contributed by atoms with Crippen LogP contribution in [0.5, 0.6) is 0 Å². The molecule has 0 saturated heterocycles. The van der Waals surface area contributed by atoms with Gasteiger partial charge in [0.25, 0.3) is 0 Å². The molecule has 0 spiro atoms. The van der Waals surface area contributed by atoms with E-state index < -0.39 is 0 Å². The summed E-state index contributed by atoms with van der Waals surface area (Å²) < 4.78 is 5.70. The molecule has 0 aromatic rings. The van der Waals surface area contributed by atoms with Crippen molar-refractivity contribution in [3.63, 3.8) is 0 Å². The number of rotatable bonds is 7. The molecule has 1 amide bonds.